The lowest BCUT2D eigenvalue weighted by molar-refractivity contribution is -0.122. The summed E-state index contributed by atoms with van der Waals surface area (Å²) in [6.07, 6.45) is 1.72. The molecule has 1 saturated heterocycles. The lowest BCUT2D eigenvalue weighted by Crippen LogP contribution is -2.33. The molecule has 3 rings (SSSR count). The molecule has 25 heavy (non-hydrogen) atoms. The van der Waals surface area contributed by atoms with Gasteiger partial charge in [0.25, 0.3) is 11.1 Å². The van der Waals surface area contributed by atoms with Crippen molar-refractivity contribution < 1.29 is 14.3 Å². The van der Waals surface area contributed by atoms with Crippen LogP contribution in [0.1, 0.15) is 11.1 Å². The highest BCUT2D eigenvalue weighted by molar-refractivity contribution is 8.18. The molecule has 1 aliphatic heterocycles. The zero-order chi connectivity index (χ0) is 17.8. The van der Waals surface area contributed by atoms with Crippen molar-refractivity contribution in [1.29, 1.82) is 0 Å². The first-order valence-corrected chi connectivity index (χ1v) is 8.58. The fourth-order valence-electron chi connectivity index (χ4n) is 2.33. The zero-order valence-corrected chi connectivity index (χ0v) is 14.8. The van der Waals surface area contributed by atoms with Crippen molar-refractivity contribution in [3.05, 3.63) is 64.6 Å². The quantitative estimate of drug-likeness (QED) is 0.819. The molecule has 0 bridgehead atoms. The molecule has 1 heterocycles. The Bertz CT molecular complexity index is 814. The Balaban J connectivity index is 1.68. The molecule has 2 aromatic carbocycles. The van der Waals surface area contributed by atoms with Crippen LogP contribution in [0.3, 0.4) is 0 Å². The van der Waals surface area contributed by atoms with Crippen LogP contribution >= 0.6 is 11.8 Å². The second-order valence-corrected chi connectivity index (χ2v) is 6.58. The van der Waals surface area contributed by atoms with Gasteiger partial charge in [-0.1, -0.05) is 29.8 Å². The molecule has 128 valence electrons. The van der Waals surface area contributed by atoms with Crippen molar-refractivity contribution in [2.75, 3.05) is 19.1 Å². The Labute approximate surface area is 150 Å². The number of carbonyl (C=O) groups excluding carboxylic acids is 2. The van der Waals surface area contributed by atoms with E-state index in [1.54, 1.807) is 13.2 Å². The van der Waals surface area contributed by atoms with Gasteiger partial charge in [0, 0.05) is 5.69 Å². The number of benzene rings is 2. The number of rotatable bonds is 5. The summed E-state index contributed by atoms with van der Waals surface area (Å²) >= 11 is 0.951. The third-order valence-corrected chi connectivity index (χ3v) is 4.69. The maximum Gasteiger partial charge on any atom is 0.295 e. The molecule has 2 aromatic rings. The van der Waals surface area contributed by atoms with E-state index in [9.17, 15) is 9.59 Å². The number of imide groups is 1. The maximum atomic E-state index is 12.5. The summed E-state index contributed by atoms with van der Waals surface area (Å²) in [4.78, 5) is 26.2. The van der Waals surface area contributed by atoms with Crippen molar-refractivity contribution in [3.63, 3.8) is 0 Å². The van der Waals surface area contributed by atoms with Crippen LogP contribution in [0.2, 0.25) is 0 Å². The highest BCUT2D eigenvalue weighted by Gasteiger charge is 2.34. The molecule has 0 radical (unpaired) electrons. The normalized spacial score (nSPS) is 15.8. The summed E-state index contributed by atoms with van der Waals surface area (Å²) in [7, 11) is 1.60. The number of methoxy groups -OCH3 is 1. The maximum absolute atomic E-state index is 12.5. The van der Waals surface area contributed by atoms with Crippen LogP contribution in [0, 0.1) is 6.92 Å². The zero-order valence-electron chi connectivity index (χ0n) is 14.0. The number of aryl methyl sites for hydroxylation is 1. The van der Waals surface area contributed by atoms with E-state index in [0.29, 0.717) is 4.91 Å². The van der Waals surface area contributed by atoms with E-state index in [4.69, 9.17) is 4.74 Å². The van der Waals surface area contributed by atoms with E-state index >= 15 is 0 Å². The van der Waals surface area contributed by atoms with Crippen LogP contribution in [0.25, 0.3) is 6.08 Å². The second-order valence-electron chi connectivity index (χ2n) is 5.58. The number of anilines is 1. The molecule has 1 aliphatic rings. The van der Waals surface area contributed by atoms with Crippen LogP contribution in [-0.2, 0) is 4.79 Å². The highest BCUT2D eigenvalue weighted by Crippen LogP contribution is 2.32. The summed E-state index contributed by atoms with van der Waals surface area (Å²) in [6, 6.07) is 15.1. The molecular formula is C19H18N2O3S. The van der Waals surface area contributed by atoms with Gasteiger partial charge in [0.15, 0.2) is 0 Å². The van der Waals surface area contributed by atoms with E-state index < -0.39 is 0 Å². The van der Waals surface area contributed by atoms with Gasteiger partial charge in [0.2, 0.25) is 0 Å². The van der Waals surface area contributed by atoms with E-state index in [1.165, 1.54) is 4.90 Å². The number of hydrogen-bond donors (Lipinski definition) is 1. The number of nitrogens with one attached hydrogen (secondary N) is 1. The van der Waals surface area contributed by atoms with Gasteiger partial charge in [-0.2, -0.15) is 0 Å². The van der Waals surface area contributed by atoms with E-state index in [0.717, 1.165) is 34.3 Å². The van der Waals surface area contributed by atoms with Crippen LogP contribution in [-0.4, -0.2) is 29.8 Å². The van der Waals surface area contributed by atoms with E-state index in [2.05, 4.69) is 5.32 Å². The van der Waals surface area contributed by atoms with Crippen LogP contribution in [0.15, 0.2) is 53.4 Å². The monoisotopic (exact) mass is 354 g/mol. The Kier molecular flexibility index (Phi) is 5.09. The lowest BCUT2D eigenvalue weighted by Gasteiger charge is -2.14. The number of nitrogens with zero attached hydrogens (tertiary/aromatic N) is 1. The molecule has 5 nitrogen and oxygen atoms in total. The van der Waals surface area contributed by atoms with E-state index in [-0.39, 0.29) is 17.8 Å². The topological polar surface area (TPSA) is 58.6 Å². The molecule has 0 aliphatic carbocycles. The fraction of sp³-hybridized carbons (Fsp3) is 0.158. The minimum Gasteiger partial charge on any atom is -0.497 e. The highest BCUT2D eigenvalue weighted by atomic mass is 32.2. The van der Waals surface area contributed by atoms with Crippen molar-refractivity contribution >= 4 is 34.7 Å². The first-order chi connectivity index (χ1) is 12.1. The Morgan fingerprint density at radius 2 is 1.76 bits per heavy atom. The van der Waals surface area contributed by atoms with Gasteiger partial charge in [0.1, 0.15) is 5.75 Å². The minimum absolute atomic E-state index is 0.147. The van der Waals surface area contributed by atoms with Gasteiger partial charge in [0.05, 0.1) is 18.7 Å². The van der Waals surface area contributed by atoms with Crippen molar-refractivity contribution in [2.45, 2.75) is 6.92 Å². The molecule has 0 aromatic heterocycles. The van der Waals surface area contributed by atoms with Crippen LogP contribution in [0.4, 0.5) is 10.5 Å². The average Bonchev–Trinajstić information content (AvgIpc) is 2.89. The molecular weight excluding hydrogens is 336 g/mol. The Morgan fingerprint density at radius 3 is 2.40 bits per heavy atom. The van der Waals surface area contributed by atoms with Gasteiger partial charge < -0.3 is 10.1 Å². The van der Waals surface area contributed by atoms with Gasteiger partial charge in [-0.15, -0.1) is 0 Å². The molecule has 0 atom stereocenters. The molecule has 1 fully saturated rings. The molecule has 1 N–H and O–H groups in total. The number of ether oxygens (including phenoxy) is 1. The molecule has 2 amide bonds. The third kappa shape index (κ3) is 4.03. The summed E-state index contributed by atoms with van der Waals surface area (Å²) < 4.78 is 5.11. The minimum atomic E-state index is -0.287. The van der Waals surface area contributed by atoms with Crippen molar-refractivity contribution in [2.24, 2.45) is 0 Å². The van der Waals surface area contributed by atoms with Crippen molar-refractivity contribution in [1.82, 2.24) is 4.90 Å². The Morgan fingerprint density at radius 1 is 1.08 bits per heavy atom. The number of carbonyl (C=O) groups is 2. The SMILES string of the molecule is COc1ccc(/C=C2\SC(=O)N(CNc3ccc(C)cc3)C2=O)cc1. The number of amides is 2. The van der Waals surface area contributed by atoms with Crippen molar-refractivity contribution in [3.8, 4) is 5.75 Å². The average molecular weight is 354 g/mol. The number of hydrogen-bond acceptors (Lipinski definition) is 5. The molecule has 0 unspecified atom stereocenters. The molecule has 6 heteroatoms. The summed E-state index contributed by atoms with van der Waals surface area (Å²) in [5.74, 6) is 0.456. The summed E-state index contributed by atoms with van der Waals surface area (Å²) in [6.45, 7) is 2.15. The lowest BCUT2D eigenvalue weighted by atomic mass is 10.2. The first-order valence-electron chi connectivity index (χ1n) is 7.77. The van der Waals surface area contributed by atoms with Gasteiger partial charge >= 0.3 is 0 Å². The Hall–Kier alpha value is -2.73. The van der Waals surface area contributed by atoms with E-state index in [1.807, 2.05) is 55.5 Å². The molecule has 0 spiro atoms. The first kappa shape index (κ1) is 17.1. The molecule has 0 saturated carbocycles. The summed E-state index contributed by atoms with van der Waals surface area (Å²) in [5, 5.41) is 2.83. The van der Waals surface area contributed by atoms with Gasteiger partial charge in [-0.25, -0.2) is 0 Å². The van der Waals surface area contributed by atoms with Crippen LogP contribution < -0.4 is 10.1 Å². The smallest absolute Gasteiger partial charge is 0.295 e. The third-order valence-electron chi connectivity index (χ3n) is 3.78. The second kappa shape index (κ2) is 7.44. The fourth-order valence-corrected chi connectivity index (χ4v) is 3.17. The predicted molar refractivity (Wildman–Crippen MR) is 100 cm³/mol. The summed E-state index contributed by atoms with van der Waals surface area (Å²) in [5.41, 5.74) is 2.86. The van der Waals surface area contributed by atoms with Crippen LogP contribution in [0.5, 0.6) is 5.75 Å². The number of thioether (sulfide) groups is 1. The standard InChI is InChI=1S/C19H18N2O3S/c1-13-3-7-15(8-4-13)20-12-21-18(22)17(25-19(21)23)11-14-5-9-16(24-2)10-6-14/h3-11,20H,12H2,1-2H3/b17-11-. The predicted octanol–water partition coefficient (Wildman–Crippen LogP) is 4.11. The van der Waals surface area contributed by atoms with Gasteiger partial charge in [-0.3, -0.25) is 14.5 Å². The largest absolute Gasteiger partial charge is 0.497 e. The van der Waals surface area contributed by atoms with Gasteiger partial charge in [-0.05, 0) is 54.6 Å².